The van der Waals surface area contributed by atoms with Gasteiger partial charge in [-0.05, 0) is 73.6 Å². The largest absolute Gasteiger partial charge is 0.508 e. The molecule has 0 radical (unpaired) electrons. The second-order valence-corrected chi connectivity index (χ2v) is 10.4. The Morgan fingerprint density at radius 2 is 1.62 bits per heavy atom. The van der Waals surface area contributed by atoms with E-state index in [1.807, 2.05) is 37.3 Å². The SMILES string of the molecule is CCc1ccc(N2C(=O)C3CC=C4C(c5ccc(O)cc5)C5=C(CC4C3C2=O)C(=O)C=C(C)C5=O)cc1. The normalized spacial score (nSPS) is 27.0. The molecule has 1 N–H and O–H groups in total. The molecule has 6 heteroatoms. The van der Waals surface area contributed by atoms with Crippen LogP contribution in [0.1, 0.15) is 43.7 Å². The first kappa shape index (κ1) is 23.3. The van der Waals surface area contributed by atoms with Gasteiger partial charge in [0.25, 0.3) is 0 Å². The number of hydrogen-bond acceptors (Lipinski definition) is 5. The Kier molecular flexibility index (Phi) is 5.37. The number of fused-ring (bicyclic) bond motifs is 3. The summed E-state index contributed by atoms with van der Waals surface area (Å²) in [5.74, 6) is -2.69. The van der Waals surface area contributed by atoms with Gasteiger partial charge in [0.05, 0.1) is 17.5 Å². The number of aromatic hydroxyl groups is 1. The minimum absolute atomic E-state index is 0.103. The van der Waals surface area contributed by atoms with Gasteiger partial charge in [-0.3, -0.25) is 24.1 Å². The summed E-state index contributed by atoms with van der Waals surface area (Å²) >= 11 is 0. The number of anilines is 1. The minimum atomic E-state index is -0.595. The number of ketones is 2. The Morgan fingerprint density at radius 3 is 2.30 bits per heavy atom. The van der Waals surface area contributed by atoms with Crippen molar-refractivity contribution in [1.29, 1.82) is 0 Å². The van der Waals surface area contributed by atoms with Gasteiger partial charge in [-0.1, -0.05) is 42.8 Å². The molecule has 6 rings (SSSR count). The first-order valence-corrected chi connectivity index (χ1v) is 12.8. The van der Waals surface area contributed by atoms with Gasteiger partial charge in [0.1, 0.15) is 5.75 Å². The predicted molar refractivity (Wildman–Crippen MR) is 138 cm³/mol. The maximum absolute atomic E-state index is 13.9. The molecule has 6 nitrogen and oxygen atoms in total. The summed E-state index contributed by atoms with van der Waals surface area (Å²) in [6.45, 7) is 3.70. The summed E-state index contributed by atoms with van der Waals surface area (Å²) in [7, 11) is 0. The van der Waals surface area contributed by atoms with E-state index in [0.717, 1.165) is 23.1 Å². The second-order valence-electron chi connectivity index (χ2n) is 10.4. The number of aryl methyl sites for hydroxylation is 1. The highest BCUT2D eigenvalue weighted by Gasteiger charge is 2.56. The number of allylic oxidation sites excluding steroid dienone is 6. The molecule has 2 aromatic carbocycles. The van der Waals surface area contributed by atoms with Crippen molar-refractivity contribution in [2.75, 3.05) is 4.90 Å². The molecule has 3 aliphatic carbocycles. The van der Waals surface area contributed by atoms with E-state index in [9.17, 15) is 24.3 Å². The molecule has 1 heterocycles. The van der Waals surface area contributed by atoms with Gasteiger partial charge >= 0.3 is 0 Å². The molecule has 2 amide bonds. The number of amides is 2. The van der Waals surface area contributed by atoms with Crippen LogP contribution in [-0.4, -0.2) is 28.5 Å². The Hall–Kier alpha value is -4.06. The fraction of sp³-hybridized carbons (Fsp3) is 0.290. The molecule has 0 saturated carbocycles. The number of benzene rings is 2. The zero-order chi connectivity index (χ0) is 26.0. The van der Waals surface area contributed by atoms with Crippen molar-refractivity contribution < 1.29 is 24.3 Å². The van der Waals surface area contributed by atoms with Crippen LogP contribution in [0.15, 0.2) is 83.0 Å². The molecule has 37 heavy (non-hydrogen) atoms. The maximum Gasteiger partial charge on any atom is 0.238 e. The molecule has 4 unspecified atom stereocenters. The number of phenols is 1. The van der Waals surface area contributed by atoms with E-state index in [0.29, 0.717) is 28.8 Å². The number of carbonyl (C=O) groups excluding carboxylic acids is 4. The van der Waals surface area contributed by atoms with Crippen molar-refractivity contribution in [2.24, 2.45) is 17.8 Å². The topological polar surface area (TPSA) is 91.8 Å². The van der Waals surface area contributed by atoms with Crippen LogP contribution >= 0.6 is 0 Å². The van der Waals surface area contributed by atoms with Crippen LogP contribution < -0.4 is 4.90 Å². The van der Waals surface area contributed by atoms with Crippen molar-refractivity contribution in [3.05, 3.63) is 94.1 Å². The first-order chi connectivity index (χ1) is 17.8. The highest BCUT2D eigenvalue weighted by atomic mass is 16.3. The summed E-state index contributed by atoms with van der Waals surface area (Å²) in [4.78, 5) is 55.2. The molecule has 0 aromatic heterocycles. The van der Waals surface area contributed by atoms with Gasteiger partial charge in [0, 0.05) is 22.6 Å². The lowest BCUT2D eigenvalue weighted by Crippen LogP contribution is -2.39. The standard InChI is InChI=1S/C31H27NO5/c1-3-17-4-8-19(9-5-17)32-30(36)22-13-12-21-23(27(22)31(32)37)15-24-25(34)14-16(2)29(35)28(24)26(21)18-6-10-20(33)11-7-18/h4-12,14,22-23,26-27,33H,3,13,15H2,1-2H3. The van der Waals surface area contributed by atoms with Gasteiger partial charge < -0.3 is 5.11 Å². The van der Waals surface area contributed by atoms with Crippen molar-refractivity contribution in [3.63, 3.8) is 0 Å². The third kappa shape index (κ3) is 3.46. The molecule has 186 valence electrons. The lowest BCUT2D eigenvalue weighted by atomic mass is 9.59. The summed E-state index contributed by atoms with van der Waals surface area (Å²) in [6, 6.07) is 14.1. The second kappa shape index (κ2) is 8.51. The van der Waals surface area contributed by atoms with E-state index >= 15 is 0 Å². The number of carbonyl (C=O) groups is 4. The van der Waals surface area contributed by atoms with E-state index in [1.165, 1.54) is 11.0 Å². The lowest BCUT2D eigenvalue weighted by molar-refractivity contribution is -0.123. The average molecular weight is 494 g/mol. The fourth-order valence-corrected chi connectivity index (χ4v) is 6.54. The minimum Gasteiger partial charge on any atom is -0.508 e. The molecule has 2 aromatic rings. The number of Topliss-reactive ketones (excluding diaryl/α,β-unsaturated/α-hetero) is 1. The smallest absolute Gasteiger partial charge is 0.238 e. The van der Waals surface area contributed by atoms with Crippen LogP contribution in [0.5, 0.6) is 5.75 Å². The average Bonchev–Trinajstić information content (AvgIpc) is 3.16. The Morgan fingerprint density at radius 1 is 0.919 bits per heavy atom. The summed E-state index contributed by atoms with van der Waals surface area (Å²) < 4.78 is 0. The van der Waals surface area contributed by atoms with Gasteiger partial charge in [-0.25, -0.2) is 0 Å². The van der Waals surface area contributed by atoms with Crippen LogP contribution in [-0.2, 0) is 25.6 Å². The van der Waals surface area contributed by atoms with Crippen molar-refractivity contribution in [3.8, 4) is 5.75 Å². The molecule has 4 aliphatic rings. The molecule has 1 aliphatic heterocycles. The van der Waals surface area contributed by atoms with Crippen molar-refractivity contribution >= 4 is 29.1 Å². The van der Waals surface area contributed by atoms with Crippen LogP contribution in [0.4, 0.5) is 5.69 Å². The van der Waals surface area contributed by atoms with Gasteiger partial charge in [0.15, 0.2) is 11.6 Å². The third-order valence-electron chi connectivity index (χ3n) is 8.39. The lowest BCUT2D eigenvalue weighted by Gasteiger charge is -2.42. The summed E-state index contributed by atoms with van der Waals surface area (Å²) in [6.07, 6.45) is 4.91. The number of hydrogen-bond donors (Lipinski definition) is 1. The maximum atomic E-state index is 13.9. The van der Waals surface area contributed by atoms with Crippen LogP contribution in [0, 0.1) is 17.8 Å². The number of phenolic OH excluding ortho intramolecular Hbond substituents is 1. The number of rotatable bonds is 3. The van der Waals surface area contributed by atoms with Gasteiger partial charge in [-0.2, -0.15) is 0 Å². The van der Waals surface area contributed by atoms with Crippen LogP contribution in [0.3, 0.4) is 0 Å². The van der Waals surface area contributed by atoms with Crippen LogP contribution in [0.25, 0.3) is 0 Å². The number of imide groups is 1. The third-order valence-corrected chi connectivity index (χ3v) is 8.39. The van der Waals surface area contributed by atoms with E-state index in [2.05, 4.69) is 0 Å². The van der Waals surface area contributed by atoms with E-state index in [4.69, 9.17) is 0 Å². The van der Waals surface area contributed by atoms with E-state index in [-0.39, 0.29) is 41.5 Å². The fourth-order valence-electron chi connectivity index (χ4n) is 6.54. The van der Waals surface area contributed by atoms with E-state index in [1.54, 1.807) is 31.2 Å². The molecule has 4 atom stereocenters. The summed E-state index contributed by atoms with van der Waals surface area (Å²) in [5, 5.41) is 9.87. The highest BCUT2D eigenvalue weighted by Crippen LogP contribution is 2.55. The molecular weight excluding hydrogens is 466 g/mol. The zero-order valence-corrected chi connectivity index (χ0v) is 20.7. The monoisotopic (exact) mass is 493 g/mol. The van der Waals surface area contributed by atoms with Crippen LogP contribution in [0.2, 0.25) is 0 Å². The van der Waals surface area contributed by atoms with Gasteiger partial charge in [-0.15, -0.1) is 0 Å². The predicted octanol–water partition coefficient (Wildman–Crippen LogP) is 4.59. The highest BCUT2D eigenvalue weighted by molar-refractivity contribution is 6.25. The molecule has 1 fully saturated rings. The molecular formula is C31H27NO5. The molecule has 0 bridgehead atoms. The Labute approximate surface area is 215 Å². The van der Waals surface area contributed by atoms with Crippen molar-refractivity contribution in [2.45, 2.75) is 39.0 Å². The molecule has 1 saturated heterocycles. The molecule has 0 spiro atoms. The first-order valence-electron chi connectivity index (χ1n) is 12.8. The zero-order valence-electron chi connectivity index (χ0n) is 20.7. The Bertz CT molecular complexity index is 1460. The quantitative estimate of drug-likeness (QED) is 0.384. The summed E-state index contributed by atoms with van der Waals surface area (Å²) in [5.41, 5.74) is 4.66. The number of nitrogens with zero attached hydrogens (tertiary/aromatic N) is 1. The van der Waals surface area contributed by atoms with Crippen molar-refractivity contribution in [1.82, 2.24) is 0 Å². The Balaban J connectivity index is 1.45. The van der Waals surface area contributed by atoms with Gasteiger partial charge in [0.2, 0.25) is 11.8 Å². The van der Waals surface area contributed by atoms with E-state index < -0.39 is 17.8 Å².